The minimum absolute atomic E-state index is 0.363. The fourth-order valence-electron chi connectivity index (χ4n) is 1.95. The third-order valence-electron chi connectivity index (χ3n) is 2.88. The number of methoxy groups -OCH3 is 1. The molecule has 5 heteroatoms. The summed E-state index contributed by atoms with van der Waals surface area (Å²) in [6.07, 6.45) is 3.47. The Hall–Kier alpha value is -2.20. The van der Waals surface area contributed by atoms with Gasteiger partial charge < -0.3 is 4.74 Å². The van der Waals surface area contributed by atoms with E-state index in [0.29, 0.717) is 5.15 Å². The Balaban J connectivity index is 2.30. The number of fused-ring (bicyclic) bond motifs is 1. The second-order valence-electron chi connectivity index (χ2n) is 3.99. The molecule has 19 heavy (non-hydrogen) atoms. The van der Waals surface area contributed by atoms with Crippen LogP contribution in [0.5, 0.6) is 5.75 Å². The summed E-state index contributed by atoms with van der Waals surface area (Å²) in [5.74, 6) is 0.736. The molecule has 0 aliphatic carbocycles. The molecule has 0 saturated carbocycles. The largest absolute Gasteiger partial charge is 0.497 e. The van der Waals surface area contributed by atoms with Crippen molar-refractivity contribution >= 4 is 22.4 Å². The fourth-order valence-corrected chi connectivity index (χ4v) is 2.14. The summed E-state index contributed by atoms with van der Waals surface area (Å²) in [6.45, 7) is 0. The minimum atomic E-state index is 0.363. The van der Waals surface area contributed by atoms with Crippen LogP contribution in [0.3, 0.4) is 0 Å². The zero-order chi connectivity index (χ0) is 13.2. The lowest BCUT2D eigenvalue weighted by atomic mass is 10.1. The smallest absolute Gasteiger partial charge is 0.159 e. The van der Waals surface area contributed by atoms with E-state index in [1.165, 1.54) is 0 Å². The lowest BCUT2D eigenvalue weighted by molar-refractivity contribution is 0.415. The first-order valence-electron chi connectivity index (χ1n) is 5.70. The van der Waals surface area contributed by atoms with Crippen LogP contribution in [0.2, 0.25) is 5.15 Å². The van der Waals surface area contributed by atoms with Gasteiger partial charge in [0.15, 0.2) is 5.15 Å². The maximum absolute atomic E-state index is 6.10. The third kappa shape index (κ3) is 2.11. The van der Waals surface area contributed by atoms with Crippen molar-refractivity contribution in [3.8, 4) is 17.0 Å². The zero-order valence-corrected chi connectivity index (χ0v) is 10.9. The number of halogens is 1. The Morgan fingerprint density at radius 2 is 2.00 bits per heavy atom. The Morgan fingerprint density at radius 3 is 2.74 bits per heavy atom. The molecule has 4 nitrogen and oxygen atoms in total. The van der Waals surface area contributed by atoms with E-state index in [2.05, 4.69) is 15.2 Å². The number of benzene rings is 1. The van der Waals surface area contributed by atoms with Gasteiger partial charge in [-0.2, -0.15) is 0 Å². The number of nitrogens with zero attached hydrogens (tertiary/aromatic N) is 3. The van der Waals surface area contributed by atoms with Crippen LogP contribution in [0, 0.1) is 0 Å². The molecule has 2 aromatic heterocycles. The van der Waals surface area contributed by atoms with Crippen LogP contribution in [-0.4, -0.2) is 22.3 Å². The molecule has 0 saturated heterocycles. The lowest BCUT2D eigenvalue weighted by Gasteiger charge is -2.07. The van der Waals surface area contributed by atoms with Crippen molar-refractivity contribution in [2.45, 2.75) is 0 Å². The molecule has 3 rings (SSSR count). The summed E-state index contributed by atoms with van der Waals surface area (Å²) in [6, 6.07) is 9.46. The molecule has 0 aliphatic heterocycles. The van der Waals surface area contributed by atoms with Gasteiger partial charge in [-0.1, -0.05) is 11.6 Å². The third-order valence-corrected chi connectivity index (χ3v) is 3.16. The lowest BCUT2D eigenvalue weighted by Crippen LogP contribution is -1.93. The first-order valence-corrected chi connectivity index (χ1v) is 6.07. The van der Waals surface area contributed by atoms with Crippen LogP contribution in [0.25, 0.3) is 22.0 Å². The molecule has 0 bridgehead atoms. The molecule has 0 spiro atoms. The molecular weight excluding hydrogens is 262 g/mol. The molecule has 0 N–H and O–H groups in total. The molecule has 0 radical (unpaired) electrons. The van der Waals surface area contributed by atoms with Gasteiger partial charge in [-0.15, -0.1) is 10.2 Å². The Bertz CT molecular complexity index is 731. The molecule has 2 heterocycles. The van der Waals surface area contributed by atoms with Crippen molar-refractivity contribution < 1.29 is 4.74 Å². The van der Waals surface area contributed by atoms with E-state index >= 15 is 0 Å². The monoisotopic (exact) mass is 271 g/mol. The van der Waals surface area contributed by atoms with E-state index in [1.54, 1.807) is 19.5 Å². The molecule has 3 aromatic rings. The van der Waals surface area contributed by atoms with Crippen molar-refractivity contribution in [3.05, 3.63) is 47.9 Å². The summed E-state index contributed by atoms with van der Waals surface area (Å²) >= 11 is 6.10. The summed E-state index contributed by atoms with van der Waals surface area (Å²) in [4.78, 5) is 4.10. The van der Waals surface area contributed by atoms with Gasteiger partial charge in [0.05, 0.1) is 7.11 Å². The van der Waals surface area contributed by atoms with Crippen LogP contribution in [0.1, 0.15) is 0 Å². The Morgan fingerprint density at radius 1 is 1.11 bits per heavy atom. The van der Waals surface area contributed by atoms with E-state index in [9.17, 15) is 0 Å². The normalized spacial score (nSPS) is 10.6. The molecule has 0 amide bonds. The van der Waals surface area contributed by atoms with Crippen molar-refractivity contribution in [2.75, 3.05) is 7.11 Å². The van der Waals surface area contributed by atoms with Gasteiger partial charge in [0.25, 0.3) is 0 Å². The first kappa shape index (κ1) is 11.9. The van der Waals surface area contributed by atoms with Crippen LogP contribution in [0.15, 0.2) is 42.7 Å². The van der Waals surface area contributed by atoms with E-state index in [1.807, 2.05) is 30.3 Å². The van der Waals surface area contributed by atoms with Crippen molar-refractivity contribution in [2.24, 2.45) is 0 Å². The van der Waals surface area contributed by atoms with Crippen molar-refractivity contribution in [1.82, 2.24) is 15.2 Å². The van der Waals surface area contributed by atoms with E-state index in [4.69, 9.17) is 16.3 Å². The average molecular weight is 272 g/mol. The second kappa shape index (κ2) is 4.82. The fraction of sp³-hybridized carbons (Fsp3) is 0.0714. The molecule has 0 unspecified atom stereocenters. The highest BCUT2D eigenvalue weighted by Gasteiger charge is 2.10. The number of hydrogen-bond acceptors (Lipinski definition) is 4. The second-order valence-corrected chi connectivity index (χ2v) is 4.35. The molecule has 0 fully saturated rings. The standard InChI is InChI=1S/C14H10ClN3O/c1-19-10-4-5-11-12(7-10)14(15)18-17-13(11)9-3-2-6-16-8-9/h2-8H,1H3. The van der Waals surface area contributed by atoms with Gasteiger partial charge in [-0.05, 0) is 30.3 Å². The summed E-state index contributed by atoms with van der Waals surface area (Å²) in [5.41, 5.74) is 1.66. The maximum atomic E-state index is 6.10. The van der Waals surface area contributed by atoms with Crippen LogP contribution < -0.4 is 4.74 Å². The highest BCUT2D eigenvalue weighted by atomic mass is 35.5. The van der Waals surface area contributed by atoms with Gasteiger partial charge >= 0.3 is 0 Å². The van der Waals surface area contributed by atoms with Gasteiger partial charge in [0, 0.05) is 28.7 Å². The van der Waals surface area contributed by atoms with Crippen LogP contribution >= 0.6 is 11.6 Å². The van der Waals surface area contributed by atoms with E-state index < -0.39 is 0 Å². The van der Waals surface area contributed by atoms with Crippen LogP contribution in [-0.2, 0) is 0 Å². The highest BCUT2D eigenvalue weighted by Crippen LogP contribution is 2.31. The van der Waals surface area contributed by atoms with E-state index in [-0.39, 0.29) is 0 Å². The number of pyridine rings is 1. The number of hydrogen-bond donors (Lipinski definition) is 0. The van der Waals surface area contributed by atoms with Gasteiger partial charge in [-0.3, -0.25) is 4.98 Å². The van der Waals surface area contributed by atoms with Crippen molar-refractivity contribution in [3.63, 3.8) is 0 Å². The summed E-state index contributed by atoms with van der Waals surface area (Å²) < 4.78 is 5.20. The van der Waals surface area contributed by atoms with Crippen molar-refractivity contribution in [1.29, 1.82) is 0 Å². The van der Waals surface area contributed by atoms with Gasteiger partial charge in [0.1, 0.15) is 11.4 Å². The molecule has 1 aromatic carbocycles. The first-order chi connectivity index (χ1) is 9.29. The summed E-state index contributed by atoms with van der Waals surface area (Å²) in [7, 11) is 1.62. The number of aromatic nitrogens is 3. The SMILES string of the molecule is COc1ccc2c(-c3cccnc3)nnc(Cl)c2c1. The topological polar surface area (TPSA) is 47.9 Å². The summed E-state index contributed by atoms with van der Waals surface area (Å²) in [5, 5.41) is 10.3. The molecule has 94 valence electrons. The quantitative estimate of drug-likeness (QED) is 0.717. The number of ether oxygens (including phenoxy) is 1. The highest BCUT2D eigenvalue weighted by molar-refractivity contribution is 6.34. The Kier molecular flexibility index (Phi) is 3.01. The molecule has 0 aliphatic rings. The van der Waals surface area contributed by atoms with Crippen LogP contribution in [0.4, 0.5) is 0 Å². The molecular formula is C14H10ClN3O. The van der Waals surface area contributed by atoms with Gasteiger partial charge in [-0.25, -0.2) is 0 Å². The average Bonchev–Trinajstić information content (AvgIpc) is 2.48. The predicted molar refractivity (Wildman–Crippen MR) is 74.3 cm³/mol. The van der Waals surface area contributed by atoms with E-state index in [0.717, 1.165) is 27.8 Å². The minimum Gasteiger partial charge on any atom is -0.497 e. The number of rotatable bonds is 2. The van der Waals surface area contributed by atoms with Gasteiger partial charge in [0.2, 0.25) is 0 Å². The predicted octanol–water partition coefficient (Wildman–Crippen LogP) is 3.35. The maximum Gasteiger partial charge on any atom is 0.159 e. The Labute approximate surface area is 115 Å². The zero-order valence-electron chi connectivity index (χ0n) is 10.2. The molecule has 0 atom stereocenters.